The normalized spacial score (nSPS) is 9.50. The van der Waals surface area contributed by atoms with Gasteiger partial charge in [0, 0.05) is 0 Å². The molecule has 0 aliphatic rings. The lowest BCUT2D eigenvalue weighted by Gasteiger charge is -2.01. The number of hydrogen-bond donors (Lipinski definition) is 2. The highest BCUT2D eigenvalue weighted by Gasteiger charge is 2.07. The molecule has 1 aromatic heterocycles. The monoisotopic (exact) mass is 207 g/mol. The zero-order valence-corrected chi connectivity index (χ0v) is 7.10. The highest BCUT2D eigenvalue weighted by atomic mass is 35.5. The van der Waals surface area contributed by atoms with Crippen molar-refractivity contribution in [1.82, 2.24) is 10.2 Å². The summed E-state index contributed by atoms with van der Waals surface area (Å²) in [4.78, 5) is 10.2. The molecule has 1 heterocycles. The van der Waals surface area contributed by atoms with E-state index >= 15 is 0 Å². The maximum atomic E-state index is 10.2. The van der Waals surface area contributed by atoms with Gasteiger partial charge in [-0.1, -0.05) is 23.2 Å². The lowest BCUT2D eigenvalue weighted by atomic mass is 10.5. The molecule has 0 unspecified atom stereocenters. The van der Waals surface area contributed by atoms with Gasteiger partial charge in [-0.25, -0.2) is 4.79 Å². The molecule has 0 saturated heterocycles. The SMILES string of the molecule is O=C(O)Nc1cnnc(Cl)c1Cl. The van der Waals surface area contributed by atoms with E-state index in [9.17, 15) is 4.79 Å². The topological polar surface area (TPSA) is 75.1 Å². The Balaban J connectivity index is 3.00. The van der Waals surface area contributed by atoms with Crippen molar-refractivity contribution in [3.63, 3.8) is 0 Å². The Morgan fingerprint density at radius 1 is 1.58 bits per heavy atom. The zero-order chi connectivity index (χ0) is 9.14. The van der Waals surface area contributed by atoms with Crippen molar-refractivity contribution in [3.8, 4) is 0 Å². The summed E-state index contributed by atoms with van der Waals surface area (Å²) in [6.45, 7) is 0. The fourth-order valence-corrected chi connectivity index (χ4v) is 0.831. The van der Waals surface area contributed by atoms with E-state index in [4.69, 9.17) is 28.3 Å². The fraction of sp³-hybridized carbons (Fsp3) is 0. The first-order chi connectivity index (χ1) is 5.61. The van der Waals surface area contributed by atoms with Crippen LogP contribution in [0, 0.1) is 0 Å². The van der Waals surface area contributed by atoms with Gasteiger partial charge in [0.2, 0.25) is 0 Å². The standard InChI is InChI=1S/C5H3Cl2N3O2/c6-3-2(9-5(11)12)1-8-10-4(3)7/h1H,(H,9,10)(H,11,12). The van der Waals surface area contributed by atoms with Crippen LogP contribution in [0.5, 0.6) is 0 Å². The van der Waals surface area contributed by atoms with Gasteiger partial charge in [0.05, 0.1) is 11.9 Å². The quantitative estimate of drug-likeness (QED) is 0.738. The number of hydrogen-bond acceptors (Lipinski definition) is 3. The summed E-state index contributed by atoms with van der Waals surface area (Å²) in [7, 11) is 0. The van der Waals surface area contributed by atoms with Crippen molar-refractivity contribution >= 4 is 35.0 Å². The van der Waals surface area contributed by atoms with Crippen LogP contribution in [0.4, 0.5) is 10.5 Å². The first-order valence-electron chi connectivity index (χ1n) is 2.78. The van der Waals surface area contributed by atoms with Gasteiger partial charge in [-0.2, -0.15) is 5.10 Å². The molecule has 0 aliphatic carbocycles. The molecule has 12 heavy (non-hydrogen) atoms. The summed E-state index contributed by atoms with van der Waals surface area (Å²) < 4.78 is 0. The van der Waals surface area contributed by atoms with Crippen LogP contribution < -0.4 is 5.32 Å². The van der Waals surface area contributed by atoms with E-state index in [1.165, 1.54) is 6.20 Å². The number of halogens is 2. The summed E-state index contributed by atoms with van der Waals surface area (Å²) >= 11 is 11.0. The largest absolute Gasteiger partial charge is 0.465 e. The van der Waals surface area contributed by atoms with E-state index in [0.717, 1.165) is 0 Å². The van der Waals surface area contributed by atoms with Crippen LogP contribution in [-0.2, 0) is 0 Å². The van der Waals surface area contributed by atoms with Crippen molar-refractivity contribution in [1.29, 1.82) is 0 Å². The van der Waals surface area contributed by atoms with Gasteiger partial charge in [0.25, 0.3) is 0 Å². The summed E-state index contributed by atoms with van der Waals surface area (Å²) in [5.41, 5.74) is 0.115. The van der Waals surface area contributed by atoms with Crippen molar-refractivity contribution < 1.29 is 9.90 Å². The predicted molar refractivity (Wildman–Crippen MR) is 43.7 cm³/mol. The Labute approximate surface area is 77.3 Å². The predicted octanol–water partition coefficient (Wildman–Crippen LogP) is 1.87. The molecule has 64 valence electrons. The molecule has 0 atom stereocenters. The molecule has 0 aromatic carbocycles. The van der Waals surface area contributed by atoms with Crippen LogP contribution in [0.3, 0.4) is 0 Å². The minimum absolute atomic E-state index is 0.0362. The minimum atomic E-state index is -1.24. The van der Waals surface area contributed by atoms with Gasteiger partial charge in [-0.3, -0.25) is 5.32 Å². The molecule has 0 spiro atoms. The van der Waals surface area contributed by atoms with Gasteiger partial charge in [-0.05, 0) is 0 Å². The molecule has 0 bridgehead atoms. The Bertz CT molecular complexity index is 318. The molecular weight excluding hydrogens is 205 g/mol. The van der Waals surface area contributed by atoms with E-state index in [0.29, 0.717) is 0 Å². The fourth-order valence-electron chi connectivity index (χ4n) is 0.551. The second kappa shape index (κ2) is 3.55. The van der Waals surface area contributed by atoms with E-state index in [1.54, 1.807) is 0 Å². The molecule has 0 fully saturated rings. The summed E-state index contributed by atoms with van der Waals surface area (Å²) in [6.07, 6.45) is -0.0662. The van der Waals surface area contributed by atoms with Gasteiger partial charge in [-0.15, -0.1) is 5.10 Å². The maximum absolute atomic E-state index is 10.2. The van der Waals surface area contributed by atoms with Crippen LogP contribution in [0.2, 0.25) is 10.2 Å². The van der Waals surface area contributed by atoms with E-state index in [1.807, 2.05) is 5.32 Å². The zero-order valence-electron chi connectivity index (χ0n) is 5.58. The van der Waals surface area contributed by atoms with E-state index in [2.05, 4.69) is 10.2 Å². The van der Waals surface area contributed by atoms with Crippen LogP contribution in [0.25, 0.3) is 0 Å². The number of carbonyl (C=O) groups is 1. The maximum Gasteiger partial charge on any atom is 0.409 e. The summed E-state index contributed by atoms with van der Waals surface area (Å²) in [6, 6.07) is 0. The third kappa shape index (κ3) is 1.96. The number of nitrogens with one attached hydrogen (secondary N) is 1. The lowest BCUT2D eigenvalue weighted by molar-refractivity contribution is 0.209. The van der Waals surface area contributed by atoms with Crippen molar-refractivity contribution in [2.24, 2.45) is 0 Å². The highest BCUT2D eigenvalue weighted by Crippen LogP contribution is 2.26. The molecule has 0 saturated carbocycles. The molecule has 2 N–H and O–H groups in total. The Morgan fingerprint density at radius 3 is 2.83 bits per heavy atom. The van der Waals surface area contributed by atoms with Crippen LogP contribution >= 0.6 is 23.2 Å². The molecular formula is C5H3Cl2N3O2. The van der Waals surface area contributed by atoms with Crippen LogP contribution in [0.1, 0.15) is 0 Å². The first kappa shape index (κ1) is 9.02. The number of nitrogens with zero attached hydrogens (tertiary/aromatic N) is 2. The molecule has 1 rings (SSSR count). The number of anilines is 1. The number of amides is 1. The third-order valence-corrected chi connectivity index (χ3v) is 1.74. The van der Waals surface area contributed by atoms with Crippen LogP contribution in [-0.4, -0.2) is 21.4 Å². The number of carboxylic acid groups (broad SMARTS) is 1. The Kier molecular flexibility index (Phi) is 2.67. The average Bonchev–Trinajstić information content (AvgIpc) is 1.98. The average molecular weight is 208 g/mol. The molecule has 0 radical (unpaired) electrons. The molecule has 7 heteroatoms. The van der Waals surface area contributed by atoms with Gasteiger partial charge < -0.3 is 5.11 Å². The molecule has 5 nitrogen and oxygen atoms in total. The third-order valence-electron chi connectivity index (χ3n) is 0.992. The molecule has 1 aromatic rings. The van der Waals surface area contributed by atoms with Crippen molar-refractivity contribution in [2.75, 3.05) is 5.32 Å². The van der Waals surface area contributed by atoms with Gasteiger partial charge >= 0.3 is 6.09 Å². The second-order valence-corrected chi connectivity index (χ2v) is 2.53. The van der Waals surface area contributed by atoms with E-state index in [-0.39, 0.29) is 15.9 Å². The smallest absolute Gasteiger partial charge is 0.409 e. The van der Waals surface area contributed by atoms with Crippen molar-refractivity contribution in [3.05, 3.63) is 16.4 Å². The van der Waals surface area contributed by atoms with E-state index < -0.39 is 6.09 Å². The summed E-state index contributed by atoms with van der Waals surface area (Å²) in [5, 5.41) is 17.1. The minimum Gasteiger partial charge on any atom is -0.465 e. The lowest BCUT2D eigenvalue weighted by Crippen LogP contribution is -2.08. The summed E-state index contributed by atoms with van der Waals surface area (Å²) in [5.74, 6) is 0. The Morgan fingerprint density at radius 2 is 2.25 bits per heavy atom. The first-order valence-corrected chi connectivity index (χ1v) is 3.53. The molecule has 1 amide bonds. The molecule has 0 aliphatic heterocycles. The van der Waals surface area contributed by atoms with Gasteiger partial charge in [0.1, 0.15) is 5.02 Å². The van der Waals surface area contributed by atoms with Crippen LogP contribution in [0.15, 0.2) is 6.20 Å². The second-order valence-electron chi connectivity index (χ2n) is 1.79. The highest BCUT2D eigenvalue weighted by molar-refractivity contribution is 6.43. The van der Waals surface area contributed by atoms with Gasteiger partial charge in [0.15, 0.2) is 5.15 Å². The number of rotatable bonds is 1. The van der Waals surface area contributed by atoms with Crippen molar-refractivity contribution in [2.45, 2.75) is 0 Å². The number of aromatic nitrogens is 2. The Hall–Kier alpha value is -1.07.